The highest BCUT2D eigenvalue weighted by atomic mass is 16.5. The summed E-state index contributed by atoms with van der Waals surface area (Å²) in [7, 11) is 1.53. The molecule has 1 amide bonds. The van der Waals surface area contributed by atoms with Crippen LogP contribution in [0.3, 0.4) is 0 Å². The number of ether oxygens (including phenoxy) is 2. The number of aryl methyl sites for hydroxylation is 1. The molecule has 0 aliphatic carbocycles. The third kappa shape index (κ3) is 4.14. The van der Waals surface area contributed by atoms with Crippen LogP contribution in [0.4, 0.5) is 5.69 Å². The second-order valence-corrected chi connectivity index (χ2v) is 5.46. The van der Waals surface area contributed by atoms with Crippen molar-refractivity contribution in [3.8, 4) is 17.4 Å². The Labute approximate surface area is 146 Å². The van der Waals surface area contributed by atoms with Gasteiger partial charge in [0.25, 0.3) is 5.91 Å². The summed E-state index contributed by atoms with van der Waals surface area (Å²) in [6.07, 6.45) is 1.55. The van der Waals surface area contributed by atoms with E-state index in [0.29, 0.717) is 22.9 Å². The van der Waals surface area contributed by atoms with Crippen molar-refractivity contribution in [2.24, 2.45) is 0 Å². The predicted octanol–water partition coefficient (Wildman–Crippen LogP) is 4.44. The molecule has 0 saturated carbocycles. The summed E-state index contributed by atoms with van der Waals surface area (Å²) in [4.78, 5) is 16.6. The minimum absolute atomic E-state index is 0.258. The van der Waals surface area contributed by atoms with Gasteiger partial charge in [0, 0.05) is 6.07 Å². The predicted molar refractivity (Wildman–Crippen MR) is 96.4 cm³/mol. The van der Waals surface area contributed by atoms with Gasteiger partial charge in [-0.3, -0.25) is 4.79 Å². The van der Waals surface area contributed by atoms with Crippen LogP contribution in [0.2, 0.25) is 0 Å². The summed E-state index contributed by atoms with van der Waals surface area (Å²) in [6.45, 7) is 2.00. The molecular weight excluding hydrogens is 316 g/mol. The number of hydrogen-bond acceptors (Lipinski definition) is 4. The van der Waals surface area contributed by atoms with Crippen molar-refractivity contribution < 1.29 is 14.3 Å². The monoisotopic (exact) mass is 334 g/mol. The summed E-state index contributed by atoms with van der Waals surface area (Å²) >= 11 is 0. The smallest absolute Gasteiger partial charge is 0.259 e. The maximum absolute atomic E-state index is 12.4. The fourth-order valence-corrected chi connectivity index (χ4v) is 2.34. The third-order valence-electron chi connectivity index (χ3n) is 3.56. The molecule has 0 saturated heterocycles. The molecule has 1 heterocycles. The molecular formula is C20H18N2O3. The van der Waals surface area contributed by atoms with E-state index in [2.05, 4.69) is 10.3 Å². The average Bonchev–Trinajstić information content (AvgIpc) is 2.63. The number of anilines is 1. The van der Waals surface area contributed by atoms with Crippen molar-refractivity contribution in [2.75, 3.05) is 12.4 Å². The van der Waals surface area contributed by atoms with Gasteiger partial charge in [-0.2, -0.15) is 0 Å². The second kappa shape index (κ2) is 7.49. The summed E-state index contributed by atoms with van der Waals surface area (Å²) < 4.78 is 10.9. The first-order valence-electron chi connectivity index (χ1n) is 7.80. The number of methoxy groups -OCH3 is 1. The fraction of sp³-hybridized carbons (Fsp3) is 0.100. The number of nitrogens with one attached hydrogen (secondary N) is 1. The molecule has 0 bridgehead atoms. The van der Waals surface area contributed by atoms with Gasteiger partial charge < -0.3 is 14.8 Å². The minimum Gasteiger partial charge on any atom is -0.496 e. The van der Waals surface area contributed by atoms with Crippen molar-refractivity contribution in [1.29, 1.82) is 0 Å². The molecule has 0 aliphatic heterocycles. The number of amides is 1. The van der Waals surface area contributed by atoms with Crippen molar-refractivity contribution in [3.05, 3.63) is 78.0 Å². The van der Waals surface area contributed by atoms with E-state index < -0.39 is 0 Å². The maximum atomic E-state index is 12.4. The molecule has 2 aromatic carbocycles. The van der Waals surface area contributed by atoms with Crippen LogP contribution >= 0.6 is 0 Å². The number of carbonyl (C=O) groups excluding carboxylic acids is 1. The van der Waals surface area contributed by atoms with Gasteiger partial charge in [-0.15, -0.1) is 0 Å². The lowest BCUT2D eigenvalue weighted by Gasteiger charge is -2.10. The van der Waals surface area contributed by atoms with Gasteiger partial charge >= 0.3 is 0 Å². The molecule has 0 atom stereocenters. The van der Waals surface area contributed by atoms with E-state index in [-0.39, 0.29) is 5.91 Å². The highest BCUT2D eigenvalue weighted by Gasteiger charge is 2.11. The van der Waals surface area contributed by atoms with Crippen LogP contribution in [0.1, 0.15) is 15.9 Å². The Balaban J connectivity index is 1.69. The number of nitrogens with zero attached hydrogens (tertiary/aromatic N) is 1. The summed E-state index contributed by atoms with van der Waals surface area (Å²) in [6, 6.07) is 18.2. The fourth-order valence-electron chi connectivity index (χ4n) is 2.34. The molecule has 1 N–H and O–H groups in total. The van der Waals surface area contributed by atoms with Crippen molar-refractivity contribution >= 4 is 11.6 Å². The van der Waals surface area contributed by atoms with Crippen LogP contribution in [0.5, 0.6) is 17.4 Å². The van der Waals surface area contributed by atoms with E-state index in [4.69, 9.17) is 9.47 Å². The van der Waals surface area contributed by atoms with Crippen LogP contribution in [0, 0.1) is 6.92 Å². The van der Waals surface area contributed by atoms with Crippen molar-refractivity contribution in [1.82, 2.24) is 4.98 Å². The van der Waals surface area contributed by atoms with Crippen molar-refractivity contribution in [3.63, 3.8) is 0 Å². The van der Waals surface area contributed by atoms with Crippen LogP contribution in [0.15, 0.2) is 66.9 Å². The zero-order valence-corrected chi connectivity index (χ0v) is 14.0. The molecule has 0 fully saturated rings. The Morgan fingerprint density at radius 3 is 2.60 bits per heavy atom. The van der Waals surface area contributed by atoms with Crippen LogP contribution in [0.25, 0.3) is 0 Å². The molecule has 126 valence electrons. The number of rotatable bonds is 5. The van der Waals surface area contributed by atoms with E-state index in [1.54, 1.807) is 36.5 Å². The van der Waals surface area contributed by atoms with Gasteiger partial charge in [-0.25, -0.2) is 4.98 Å². The number of pyridine rings is 1. The van der Waals surface area contributed by atoms with Crippen LogP contribution < -0.4 is 14.8 Å². The first kappa shape index (κ1) is 16.5. The SMILES string of the molecule is COc1ccccc1C(=O)Nc1ccc(Oc2cccc(C)c2)nc1. The maximum Gasteiger partial charge on any atom is 0.259 e. The zero-order chi connectivity index (χ0) is 17.6. The summed E-state index contributed by atoms with van der Waals surface area (Å²) in [5.41, 5.74) is 2.15. The lowest BCUT2D eigenvalue weighted by Crippen LogP contribution is -2.13. The van der Waals surface area contributed by atoms with E-state index in [1.165, 1.54) is 7.11 Å². The molecule has 0 unspecified atom stereocenters. The van der Waals surface area contributed by atoms with Gasteiger partial charge in [0.2, 0.25) is 5.88 Å². The standard InChI is InChI=1S/C20H18N2O3/c1-14-6-5-7-16(12-14)25-19-11-10-15(13-21-19)22-20(23)17-8-3-4-9-18(17)24-2/h3-13H,1-2H3,(H,22,23). The third-order valence-corrected chi connectivity index (χ3v) is 3.56. The van der Waals surface area contributed by atoms with Crippen molar-refractivity contribution in [2.45, 2.75) is 6.92 Å². The first-order chi connectivity index (χ1) is 12.2. The van der Waals surface area contributed by atoms with Gasteiger partial charge in [0.05, 0.1) is 24.6 Å². The topological polar surface area (TPSA) is 60.5 Å². The Morgan fingerprint density at radius 1 is 1.04 bits per heavy atom. The van der Waals surface area contributed by atoms with Gasteiger partial charge in [0.15, 0.2) is 0 Å². The molecule has 0 radical (unpaired) electrons. The number of para-hydroxylation sites is 1. The van der Waals surface area contributed by atoms with E-state index in [1.807, 2.05) is 37.3 Å². The Kier molecular flexibility index (Phi) is 4.95. The Bertz CT molecular complexity index is 876. The lowest BCUT2D eigenvalue weighted by atomic mass is 10.2. The summed E-state index contributed by atoms with van der Waals surface area (Å²) in [5.74, 6) is 1.44. The first-order valence-corrected chi connectivity index (χ1v) is 7.80. The second-order valence-electron chi connectivity index (χ2n) is 5.46. The molecule has 1 aromatic heterocycles. The van der Waals surface area contributed by atoms with Crippen LogP contribution in [-0.2, 0) is 0 Å². The Hall–Kier alpha value is -3.34. The normalized spacial score (nSPS) is 10.2. The van der Waals surface area contributed by atoms with E-state index in [0.717, 1.165) is 11.3 Å². The lowest BCUT2D eigenvalue weighted by molar-refractivity contribution is 0.102. The van der Waals surface area contributed by atoms with Gasteiger partial charge in [-0.05, 0) is 42.8 Å². The van der Waals surface area contributed by atoms with E-state index >= 15 is 0 Å². The largest absolute Gasteiger partial charge is 0.496 e. The molecule has 5 nitrogen and oxygen atoms in total. The quantitative estimate of drug-likeness (QED) is 0.749. The van der Waals surface area contributed by atoms with E-state index in [9.17, 15) is 4.79 Å². The average molecular weight is 334 g/mol. The minimum atomic E-state index is -0.258. The molecule has 0 aliphatic rings. The molecule has 3 rings (SSSR count). The van der Waals surface area contributed by atoms with Gasteiger partial charge in [0.1, 0.15) is 11.5 Å². The van der Waals surface area contributed by atoms with Crippen LogP contribution in [-0.4, -0.2) is 18.0 Å². The number of hydrogen-bond donors (Lipinski definition) is 1. The molecule has 25 heavy (non-hydrogen) atoms. The highest BCUT2D eigenvalue weighted by Crippen LogP contribution is 2.22. The number of aromatic nitrogens is 1. The zero-order valence-electron chi connectivity index (χ0n) is 14.0. The molecule has 5 heteroatoms. The Morgan fingerprint density at radius 2 is 1.88 bits per heavy atom. The van der Waals surface area contributed by atoms with Gasteiger partial charge in [-0.1, -0.05) is 24.3 Å². The highest BCUT2D eigenvalue weighted by molar-refractivity contribution is 6.06. The number of carbonyl (C=O) groups is 1. The molecule has 0 spiro atoms. The molecule has 3 aromatic rings. The number of benzene rings is 2. The summed E-state index contributed by atoms with van der Waals surface area (Å²) in [5, 5.41) is 2.80.